The zero-order chi connectivity index (χ0) is 21.3. The van der Waals surface area contributed by atoms with Crippen molar-refractivity contribution in [3.63, 3.8) is 0 Å². The molecule has 2 aliphatic heterocycles. The highest BCUT2D eigenvalue weighted by Crippen LogP contribution is 2.32. The molecule has 1 N–H and O–H groups in total. The van der Waals surface area contributed by atoms with E-state index in [1.54, 1.807) is 18.3 Å². The first kappa shape index (κ1) is 20.7. The van der Waals surface area contributed by atoms with E-state index in [2.05, 4.69) is 10.3 Å². The molecule has 0 aliphatic carbocycles. The molecule has 1 unspecified atom stereocenters. The van der Waals surface area contributed by atoms with Crippen LogP contribution in [0.25, 0.3) is 0 Å². The number of anilines is 1. The maximum absolute atomic E-state index is 12.8. The SMILES string of the molecule is CNc1nc(C2CCCCN2C(C)=O)nc2c1CN(C(=O)Cc1csc(C)n1)CC2. The first-order valence-electron chi connectivity index (χ1n) is 10.5. The number of aromatic nitrogens is 3. The van der Waals surface area contributed by atoms with Crippen molar-refractivity contribution in [2.45, 2.75) is 58.5 Å². The first-order valence-corrected chi connectivity index (χ1v) is 11.4. The van der Waals surface area contributed by atoms with Crippen molar-refractivity contribution >= 4 is 29.0 Å². The van der Waals surface area contributed by atoms with Gasteiger partial charge in [0.2, 0.25) is 11.8 Å². The fourth-order valence-corrected chi connectivity index (χ4v) is 4.95. The van der Waals surface area contributed by atoms with E-state index in [1.165, 1.54) is 0 Å². The molecule has 2 amide bonds. The van der Waals surface area contributed by atoms with E-state index in [1.807, 2.05) is 29.2 Å². The number of rotatable bonds is 4. The van der Waals surface area contributed by atoms with Gasteiger partial charge in [0, 0.05) is 44.4 Å². The summed E-state index contributed by atoms with van der Waals surface area (Å²) < 4.78 is 0. The van der Waals surface area contributed by atoms with E-state index < -0.39 is 0 Å². The lowest BCUT2D eigenvalue weighted by Crippen LogP contribution is -2.40. The van der Waals surface area contributed by atoms with Crippen molar-refractivity contribution in [2.24, 2.45) is 0 Å². The molecule has 30 heavy (non-hydrogen) atoms. The van der Waals surface area contributed by atoms with E-state index >= 15 is 0 Å². The van der Waals surface area contributed by atoms with Crippen LogP contribution >= 0.6 is 11.3 Å². The number of nitrogens with zero attached hydrogens (tertiary/aromatic N) is 5. The number of hydrogen-bond acceptors (Lipinski definition) is 7. The quantitative estimate of drug-likeness (QED) is 0.805. The topological polar surface area (TPSA) is 91.3 Å². The third kappa shape index (κ3) is 4.16. The molecule has 2 aromatic heterocycles. The van der Waals surface area contributed by atoms with E-state index in [9.17, 15) is 9.59 Å². The molecule has 2 aliphatic rings. The van der Waals surface area contributed by atoms with Gasteiger partial charge < -0.3 is 15.1 Å². The van der Waals surface area contributed by atoms with Crippen molar-refractivity contribution in [3.8, 4) is 0 Å². The Hall–Kier alpha value is -2.55. The number of piperidine rings is 1. The molecule has 0 spiro atoms. The molecule has 4 rings (SSSR count). The summed E-state index contributed by atoms with van der Waals surface area (Å²) in [6.07, 6.45) is 3.99. The standard InChI is InChI=1S/C21H28N6O2S/c1-13-23-15(12-30-13)10-19(29)26-9-7-17-16(11-26)20(22-3)25-21(24-17)18-6-4-5-8-27(18)14(2)28/h12,18H,4-11H2,1-3H3,(H,22,24,25). The van der Waals surface area contributed by atoms with Crippen molar-refractivity contribution in [3.05, 3.63) is 33.2 Å². The van der Waals surface area contributed by atoms with Crippen LogP contribution in [0.5, 0.6) is 0 Å². The van der Waals surface area contributed by atoms with Gasteiger partial charge in [-0.2, -0.15) is 0 Å². The number of hydrogen-bond donors (Lipinski definition) is 1. The van der Waals surface area contributed by atoms with Gasteiger partial charge in [-0.1, -0.05) is 0 Å². The minimum absolute atomic E-state index is 0.0683. The van der Waals surface area contributed by atoms with Gasteiger partial charge in [0.25, 0.3) is 0 Å². The van der Waals surface area contributed by atoms with E-state index in [0.29, 0.717) is 31.8 Å². The summed E-state index contributed by atoms with van der Waals surface area (Å²) >= 11 is 1.57. The maximum Gasteiger partial charge on any atom is 0.228 e. The second-order valence-corrected chi connectivity index (χ2v) is 8.99. The summed E-state index contributed by atoms with van der Waals surface area (Å²) in [5.41, 5.74) is 2.78. The minimum atomic E-state index is -0.0683. The van der Waals surface area contributed by atoms with E-state index in [0.717, 1.165) is 53.6 Å². The Balaban J connectivity index is 1.56. The third-order valence-electron chi connectivity index (χ3n) is 5.87. The molecule has 160 valence electrons. The number of thiazole rings is 1. The average molecular weight is 429 g/mol. The maximum atomic E-state index is 12.8. The number of nitrogens with one attached hydrogen (secondary N) is 1. The Labute approximate surface area is 180 Å². The Morgan fingerprint density at radius 1 is 1.23 bits per heavy atom. The minimum Gasteiger partial charge on any atom is -0.373 e. The Bertz CT molecular complexity index is 942. The third-order valence-corrected chi connectivity index (χ3v) is 6.69. The van der Waals surface area contributed by atoms with Crippen LogP contribution in [-0.2, 0) is 29.0 Å². The van der Waals surface area contributed by atoms with Gasteiger partial charge in [-0.25, -0.2) is 15.0 Å². The summed E-state index contributed by atoms with van der Waals surface area (Å²) in [5.74, 6) is 1.62. The number of amides is 2. The second kappa shape index (κ2) is 8.67. The van der Waals surface area contributed by atoms with Crippen LogP contribution in [0.3, 0.4) is 0 Å². The summed E-state index contributed by atoms with van der Waals surface area (Å²) in [6, 6.07) is -0.0683. The van der Waals surface area contributed by atoms with Gasteiger partial charge in [0.15, 0.2) is 5.82 Å². The summed E-state index contributed by atoms with van der Waals surface area (Å²) in [4.78, 5) is 42.7. The van der Waals surface area contributed by atoms with Gasteiger partial charge in [0.05, 0.1) is 35.4 Å². The molecule has 0 aromatic carbocycles. The van der Waals surface area contributed by atoms with Gasteiger partial charge in [-0.15, -0.1) is 11.3 Å². The van der Waals surface area contributed by atoms with Crippen molar-refractivity contribution in [2.75, 3.05) is 25.5 Å². The number of carbonyl (C=O) groups excluding carboxylic acids is 2. The van der Waals surface area contributed by atoms with Crippen LogP contribution in [0.1, 0.15) is 60.0 Å². The number of fused-ring (bicyclic) bond motifs is 1. The fourth-order valence-electron chi connectivity index (χ4n) is 4.33. The fraction of sp³-hybridized carbons (Fsp3) is 0.571. The first-order chi connectivity index (χ1) is 14.5. The molecule has 2 aromatic rings. The smallest absolute Gasteiger partial charge is 0.228 e. The zero-order valence-electron chi connectivity index (χ0n) is 17.8. The lowest BCUT2D eigenvalue weighted by molar-refractivity contribution is -0.133. The molecule has 8 nitrogen and oxygen atoms in total. The van der Waals surface area contributed by atoms with Crippen LogP contribution in [0.4, 0.5) is 5.82 Å². The Morgan fingerprint density at radius 3 is 2.77 bits per heavy atom. The van der Waals surface area contributed by atoms with Crippen molar-refractivity contribution in [1.29, 1.82) is 0 Å². The summed E-state index contributed by atoms with van der Waals surface area (Å²) in [6.45, 7) is 5.45. The largest absolute Gasteiger partial charge is 0.373 e. The molecule has 0 saturated carbocycles. The molecule has 1 saturated heterocycles. The second-order valence-electron chi connectivity index (χ2n) is 7.93. The normalized spacial score (nSPS) is 18.8. The predicted molar refractivity (Wildman–Crippen MR) is 115 cm³/mol. The highest BCUT2D eigenvalue weighted by Gasteiger charge is 2.31. The molecular weight excluding hydrogens is 400 g/mol. The zero-order valence-corrected chi connectivity index (χ0v) is 18.6. The van der Waals surface area contributed by atoms with Crippen LogP contribution in [0.15, 0.2) is 5.38 Å². The Kier molecular flexibility index (Phi) is 5.99. The van der Waals surface area contributed by atoms with Crippen LogP contribution in [-0.4, -0.2) is 56.7 Å². The predicted octanol–water partition coefficient (Wildman–Crippen LogP) is 2.48. The number of aryl methyl sites for hydroxylation is 1. The monoisotopic (exact) mass is 428 g/mol. The van der Waals surface area contributed by atoms with Crippen LogP contribution in [0, 0.1) is 6.92 Å². The number of carbonyl (C=O) groups is 2. The molecule has 0 bridgehead atoms. The van der Waals surface area contributed by atoms with E-state index in [-0.39, 0.29) is 17.9 Å². The molecule has 1 atom stereocenters. The highest BCUT2D eigenvalue weighted by atomic mass is 32.1. The molecular formula is C21H28N6O2S. The highest BCUT2D eigenvalue weighted by molar-refractivity contribution is 7.09. The lowest BCUT2D eigenvalue weighted by Gasteiger charge is -2.35. The summed E-state index contributed by atoms with van der Waals surface area (Å²) in [5, 5.41) is 6.11. The van der Waals surface area contributed by atoms with Gasteiger partial charge in [-0.05, 0) is 26.2 Å². The average Bonchev–Trinajstić information content (AvgIpc) is 3.16. The van der Waals surface area contributed by atoms with E-state index in [4.69, 9.17) is 9.97 Å². The van der Waals surface area contributed by atoms with Crippen molar-refractivity contribution in [1.82, 2.24) is 24.8 Å². The number of likely N-dealkylation sites (tertiary alicyclic amines) is 1. The molecule has 4 heterocycles. The van der Waals surface area contributed by atoms with Crippen LogP contribution in [0.2, 0.25) is 0 Å². The summed E-state index contributed by atoms with van der Waals surface area (Å²) in [7, 11) is 1.84. The molecule has 1 fully saturated rings. The van der Waals surface area contributed by atoms with Crippen molar-refractivity contribution < 1.29 is 9.59 Å². The van der Waals surface area contributed by atoms with Gasteiger partial charge >= 0.3 is 0 Å². The van der Waals surface area contributed by atoms with Gasteiger partial charge in [0.1, 0.15) is 5.82 Å². The van der Waals surface area contributed by atoms with Gasteiger partial charge in [-0.3, -0.25) is 9.59 Å². The lowest BCUT2D eigenvalue weighted by atomic mass is 10.00. The van der Waals surface area contributed by atoms with Crippen LogP contribution < -0.4 is 5.32 Å². The molecule has 9 heteroatoms. The molecule has 0 radical (unpaired) electrons. The Morgan fingerprint density at radius 2 is 2.07 bits per heavy atom.